The van der Waals surface area contributed by atoms with Crippen molar-refractivity contribution in [2.75, 3.05) is 36.5 Å². The summed E-state index contributed by atoms with van der Waals surface area (Å²) in [5, 5.41) is 0. The average Bonchev–Trinajstić information content (AvgIpc) is 2.93. The van der Waals surface area contributed by atoms with E-state index < -0.39 is 0 Å². The van der Waals surface area contributed by atoms with E-state index in [2.05, 4.69) is 46.1 Å². The zero-order valence-corrected chi connectivity index (χ0v) is 13.0. The first-order chi connectivity index (χ1) is 10.2. The van der Waals surface area contributed by atoms with Crippen LogP contribution in [0.1, 0.15) is 32.1 Å². The van der Waals surface area contributed by atoms with E-state index in [0.717, 1.165) is 25.2 Å². The Morgan fingerprint density at radius 1 is 1.29 bits per heavy atom. The lowest BCUT2D eigenvalue weighted by molar-refractivity contribution is 0.578. The third kappa shape index (κ3) is 3.49. The maximum Gasteiger partial charge on any atom is 0.0942 e. The van der Waals surface area contributed by atoms with Crippen LogP contribution in [0, 0.1) is 0 Å². The van der Waals surface area contributed by atoms with Gasteiger partial charge in [-0.05, 0) is 43.9 Å². The van der Waals surface area contributed by atoms with Crippen molar-refractivity contribution in [3.8, 4) is 0 Å². The van der Waals surface area contributed by atoms with Crippen LogP contribution in [-0.2, 0) is 0 Å². The number of amidine groups is 1. The molecule has 0 amide bonds. The maximum absolute atomic E-state index is 5.79. The van der Waals surface area contributed by atoms with Gasteiger partial charge in [-0.3, -0.25) is 4.99 Å². The fourth-order valence-corrected chi connectivity index (χ4v) is 3.31. The quantitative estimate of drug-likeness (QED) is 0.925. The Labute approximate surface area is 127 Å². The number of anilines is 2. The molecular weight excluding hydrogens is 260 g/mol. The standard InChI is InChI=1S/C17H26N4/c1-20(13-14-8-9-17(18)19-14)15-6-5-7-16(12-15)21-10-3-2-4-11-21/h5-7,12,14H,2-4,8-11,13H2,1H3,(H2,18,19)/t14-/m1/s1. The van der Waals surface area contributed by atoms with Crippen molar-refractivity contribution < 1.29 is 0 Å². The van der Waals surface area contributed by atoms with E-state index in [-0.39, 0.29) is 0 Å². The van der Waals surface area contributed by atoms with Crippen LogP contribution >= 0.6 is 0 Å². The van der Waals surface area contributed by atoms with Crippen LogP contribution in [0.2, 0.25) is 0 Å². The topological polar surface area (TPSA) is 44.9 Å². The predicted octanol–water partition coefficient (Wildman–Crippen LogP) is 2.63. The molecule has 1 atom stereocenters. The molecule has 2 aliphatic heterocycles. The molecule has 0 radical (unpaired) electrons. The Hall–Kier alpha value is -1.71. The first-order valence-electron chi connectivity index (χ1n) is 8.11. The summed E-state index contributed by atoms with van der Waals surface area (Å²) in [7, 11) is 2.15. The molecule has 21 heavy (non-hydrogen) atoms. The lowest BCUT2D eigenvalue weighted by atomic mass is 10.1. The second kappa shape index (κ2) is 6.37. The number of aliphatic imine (C=N–C) groups is 1. The zero-order chi connectivity index (χ0) is 14.7. The second-order valence-corrected chi connectivity index (χ2v) is 6.26. The van der Waals surface area contributed by atoms with Crippen molar-refractivity contribution in [3.05, 3.63) is 24.3 Å². The molecule has 0 bridgehead atoms. The van der Waals surface area contributed by atoms with Crippen LogP contribution in [-0.4, -0.2) is 38.6 Å². The minimum absolute atomic E-state index is 0.355. The molecule has 4 nitrogen and oxygen atoms in total. The third-order valence-electron chi connectivity index (χ3n) is 4.56. The van der Waals surface area contributed by atoms with Gasteiger partial charge in [-0.2, -0.15) is 0 Å². The molecule has 0 saturated carbocycles. The van der Waals surface area contributed by atoms with Gasteiger partial charge in [0.05, 0.1) is 11.9 Å². The van der Waals surface area contributed by atoms with Crippen molar-refractivity contribution in [1.82, 2.24) is 0 Å². The van der Waals surface area contributed by atoms with Crippen LogP contribution in [0.3, 0.4) is 0 Å². The molecule has 2 N–H and O–H groups in total. The molecule has 0 aromatic heterocycles. The van der Waals surface area contributed by atoms with Gasteiger partial charge in [0.2, 0.25) is 0 Å². The molecule has 3 rings (SSSR count). The highest BCUT2D eigenvalue weighted by Crippen LogP contribution is 2.25. The number of nitrogens with two attached hydrogens (primary N) is 1. The Bertz CT molecular complexity index is 505. The number of rotatable bonds is 4. The summed E-state index contributed by atoms with van der Waals surface area (Å²) >= 11 is 0. The summed E-state index contributed by atoms with van der Waals surface area (Å²) in [6.45, 7) is 3.33. The van der Waals surface area contributed by atoms with Crippen LogP contribution in [0.15, 0.2) is 29.3 Å². The monoisotopic (exact) mass is 286 g/mol. The Morgan fingerprint density at radius 3 is 2.81 bits per heavy atom. The number of hydrogen-bond donors (Lipinski definition) is 1. The number of hydrogen-bond acceptors (Lipinski definition) is 4. The molecule has 4 heteroatoms. The SMILES string of the molecule is CN(C[C@H]1CCC(N)=N1)c1cccc(N2CCCCC2)c1. The van der Waals surface area contributed by atoms with Crippen molar-refractivity contribution in [2.24, 2.45) is 10.7 Å². The van der Waals surface area contributed by atoms with Gasteiger partial charge in [-0.25, -0.2) is 0 Å². The van der Waals surface area contributed by atoms with Crippen LogP contribution in [0.4, 0.5) is 11.4 Å². The molecule has 0 unspecified atom stereocenters. The van der Waals surface area contributed by atoms with Gasteiger partial charge >= 0.3 is 0 Å². The van der Waals surface area contributed by atoms with Gasteiger partial charge in [0.15, 0.2) is 0 Å². The van der Waals surface area contributed by atoms with E-state index in [4.69, 9.17) is 5.73 Å². The summed E-state index contributed by atoms with van der Waals surface area (Å²) < 4.78 is 0. The Balaban J connectivity index is 1.67. The van der Waals surface area contributed by atoms with Crippen molar-refractivity contribution >= 4 is 17.2 Å². The van der Waals surface area contributed by atoms with Crippen LogP contribution in [0.25, 0.3) is 0 Å². The summed E-state index contributed by atoms with van der Waals surface area (Å²) in [6.07, 6.45) is 6.04. The summed E-state index contributed by atoms with van der Waals surface area (Å²) in [5.41, 5.74) is 8.42. The summed E-state index contributed by atoms with van der Waals surface area (Å²) in [6, 6.07) is 9.26. The minimum Gasteiger partial charge on any atom is -0.387 e. The number of nitrogens with zero attached hydrogens (tertiary/aromatic N) is 3. The molecule has 2 heterocycles. The van der Waals surface area contributed by atoms with Crippen molar-refractivity contribution in [3.63, 3.8) is 0 Å². The van der Waals surface area contributed by atoms with Crippen LogP contribution in [0.5, 0.6) is 0 Å². The van der Waals surface area contributed by atoms with Gasteiger partial charge in [0, 0.05) is 44.5 Å². The van der Waals surface area contributed by atoms with E-state index in [1.807, 2.05) is 0 Å². The molecule has 0 aliphatic carbocycles. The lowest BCUT2D eigenvalue weighted by Gasteiger charge is -2.30. The normalized spacial score (nSPS) is 22.2. The third-order valence-corrected chi connectivity index (χ3v) is 4.56. The molecule has 1 aromatic rings. The molecule has 0 spiro atoms. The molecule has 2 aliphatic rings. The van der Waals surface area contributed by atoms with Crippen molar-refractivity contribution in [2.45, 2.75) is 38.1 Å². The molecule has 1 saturated heterocycles. The fraction of sp³-hybridized carbons (Fsp3) is 0.588. The smallest absolute Gasteiger partial charge is 0.0942 e. The Morgan fingerprint density at radius 2 is 2.10 bits per heavy atom. The predicted molar refractivity (Wildman–Crippen MR) is 90.4 cm³/mol. The summed E-state index contributed by atoms with van der Waals surface area (Å²) in [4.78, 5) is 9.32. The number of likely N-dealkylation sites (N-methyl/N-ethyl adjacent to an activating group) is 1. The van der Waals surface area contributed by atoms with Gasteiger partial charge in [-0.1, -0.05) is 6.07 Å². The highest BCUT2D eigenvalue weighted by atomic mass is 15.2. The van der Waals surface area contributed by atoms with Gasteiger partial charge in [0.1, 0.15) is 0 Å². The van der Waals surface area contributed by atoms with Crippen molar-refractivity contribution in [1.29, 1.82) is 0 Å². The highest BCUT2D eigenvalue weighted by molar-refractivity contribution is 5.82. The molecule has 1 fully saturated rings. The van der Waals surface area contributed by atoms with E-state index >= 15 is 0 Å². The zero-order valence-electron chi connectivity index (χ0n) is 13.0. The first-order valence-corrected chi connectivity index (χ1v) is 8.11. The average molecular weight is 286 g/mol. The fourth-order valence-electron chi connectivity index (χ4n) is 3.31. The van der Waals surface area contributed by atoms with Crippen LogP contribution < -0.4 is 15.5 Å². The lowest BCUT2D eigenvalue weighted by Crippen LogP contribution is -2.30. The van der Waals surface area contributed by atoms with Gasteiger partial charge < -0.3 is 15.5 Å². The van der Waals surface area contributed by atoms with E-state index in [0.29, 0.717) is 6.04 Å². The van der Waals surface area contributed by atoms with Gasteiger partial charge in [0.25, 0.3) is 0 Å². The second-order valence-electron chi connectivity index (χ2n) is 6.26. The largest absolute Gasteiger partial charge is 0.387 e. The minimum atomic E-state index is 0.355. The van der Waals surface area contributed by atoms with Gasteiger partial charge in [-0.15, -0.1) is 0 Å². The number of piperidine rings is 1. The van der Waals surface area contributed by atoms with E-state index in [1.54, 1.807) is 0 Å². The summed E-state index contributed by atoms with van der Waals surface area (Å²) in [5.74, 6) is 0.815. The molecule has 114 valence electrons. The Kier molecular flexibility index (Phi) is 4.32. The van der Waals surface area contributed by atoms with E-state index in [9.17, 15) is 0 Å². The highest BCUT2D eigenvalue weighted by Gasteiger charge is 2.18. The molecule has 1 aromatic carbocycles. The maximum atomic E-state index is 5.79. The first kappa shape index (κ1) is 14.2. The molecular formula is C17H26N4. The van der Waals surface area contributed by atoms with E-state index in [1.165, 1.54) is 43.7 Å². The number of benzene rings is 1.